The van der Waals surface area contributed by atoms with Gasteiger partial charge < -0.3 is 10.2 Å². The van der Waals surface area contributed by atoms with Crippen molar-refractivity contribution in [3.05, 3.63) is 71.5 Å². The summed E-state index contributed by atoms with van der Waals surface area (Å²) in [6.45, 7) is 1.19. The van der Waals surface area contributed by atoms with Crippen LogP contribution in [0.5, 0.6) is 0 Å². The van der Waals surface area contributed by atoms with Gasteiger partial charge >= 0.3 is 0 Å². The molecule has 1 aromatic heterocycles. The van der Waals surface area contributed by atoms with Crippen molar-refractivity contribution in [2.45, 2.75) is 12.5 Å². The highest BCUT2D eigenvalue weighted by molar-refractivity contribution is 5.94. The van der Waals surface area contributed by atoms with Crippen LogP contribution < -0.4 is 10.2 Å². The van der Waals surface area contributed by atoms with Gasteiger partial charge in [0.05, 0.1) is 11.3 Å². The molecule has 0 radical (unpaired) electrons. The molecule has 2 aromatic carbocycles. The minimum Gasteiger partial charge on any atom is -0.353 e. The first kappa shape index (κ1) is 18.1. The van der Waals surface area contributed by atoms with Crippen molar-refractivity contribution in [2.75, 3.05) is 18.0 Å². The quantitative estimate of drug-likeness (QED) is 0.722. The number of aromatic amines is 1. The standard InChI is InChI=1S/C20H17F3N4O/c21-13-3-1-12(2-4-13)18-10-19(26-25-18)27-8-7-15(11-27)24-20(28)16-6-5-14(22)9-17(16)23/h1-6,9-10,15H,7-8,11H2,(H,24,28)(H,25,26). The number of anilines is 1. The Kier molecular flexibility index (Phi) is 4.77. The van der Waals surface area contributed by atoms with E-state index < -0.39 is 17.5 Å². The summed E-state index contributed by atoms with van der Waals surface area (Å²) in [4.78, 5) is 14.2. The van der Waals surface area contributed by atoms with Crippen molar-refractivity contribution in [3.63, 3.8) is 0 Å². The number of carbonyl (C=O) groups excluding carboxylic acids is 1. The number of aromatic nitrogens is 2. The Morgan fingerprint density at radius 3 is 2.57 bits per heavy atom. The highest BCUT2D eigenvalue weighted by Crippen LogP contribution is 2.25. The number of nitrogens with zero attached hydrogens (tertiary/aromatic N) is 2. The summed E-state index contributed by atoms with van der Waals surface area (Å²) in [6, 6.07) is 10.6. The van der Waals surface area contributed by atoms with E-state index in [-0.39, 0.29) is 17.4 Å². The maximum atomic E-state index is 13.8. The molecule has 0 saturated carbocycles. The highest BCUT2D eigenvalue weighted by Gasteiger charge is 2.26. The zero-order chi connectivity index (χ0) is 19.7. The number of benzene rings is 2. The van der Waals surface area contributed by atoms with E-state index >= 15 is 0 Å². The van der Waals surface area contributed by atoms with E-state index in [1.54, 1.807) is 12.1 Å². The summed E-state index contributed by atoms with van der Waals surface area (Å²) < 4.78 is 39.8. The lowest BCUT2D eigenvalue weighted by molar-refractivity contribution is 0.0936. The van der Waals surface area contributed by atoms with E-state index in [9.17, 15) is 18.0 Å². The van der Waals surface area contributed by atoms with Crippen LogP contribution in [0.1, 0.15) is 16.8 Å². The third-order valence-electron chi connectivity index (χ3n) is 4.74. The number of nitrogens with one attached hydrogen (secondary N) is 2. The molecule has 28 heavy (non-hydrogen) atoms. The smallest absolute Gasteiger partial charge is 0.254 e. The third-order valence-corrected chi connectivity index (χ3v) is 4.74. The molecule has 1 unspecified atom stereocenters. The molecule has 1 aliphatic rings. The normalized spacial score (nSPS) is 16.4. The first-order chi connectivity index (χ1) is 13.5. The zero-order valence-corrected chi connectivity index (χ0v) is 14.8. The van der Waals surface area contributed by atoms with Crippen molar-refractivity contribution < 1.29 is 18.0 Å². The van der Waals surface area contributed by atoms with E-state index in [0.717, 1.165) is 23.4 Å². The number of halogens is 3. The zero-order valence-electron chi connectivity index (χ0n) is 14.8. The minimum absolute atomic E-state index is 0.178. The van der Waals surface area contributed by atoms with Gasteiger partial charge in [-0.05, 0) is 48.4 Å². The van der Waals surface area contributed by atoms with Crippen molar-refractivity contribution in [1.82, 2.24) is 15.5 Å². The average molecular weight is 386 g/mol. The predicted octanol–water partition coefficient (Wildman–Crippen LogP) is 3.50. The molecule has 2 heterocycles. The molecule has 0 bridgehead atoms. The number of amides is 1. The van der Waals surface area contributed by atoms with Crippen molar-refractivity contribution in [3.8, 4) is 11.3 Å². The summed E-state index contributed by atoms with van der Waals surface area (Å²) in [6.07, 6.45) is 0.674. The van der Waals surface area contributed by atoms with E-state index in [1.165, 1.54) is 12.1 Å². The number of hydrogen-bond acceptors (Lipinski definition) is 3. The van der Waals surface area contributed by atoms with Crippen LogP contribution >= 0.6 is 0 Å². The van der Waals surface area contributed by atoms with Crippen LogP contribution in [-0.4, -0.2) is 35.2 Å². The minimum atomic E-state index is -0.886. The van der Waals surface area contributed by atoms with Gasteiger partial charge in [0.15, 0.2) is 5.82 Å². The fraction of sp³-hybridized carbons (Fsp3) is 0.200. The Morgan fingerprint density at radius 1 is 1.07 bits per heavy atom. The molecule has 0 spiro atoms. The maximum absolute atomic E-state index is 13.8. The number of H-pyrrole nitrogens is 1. The van der Waals surface area contributed by atoms with Gasteiger partial charge in [0.1, 0.15) is 17.5 Å². The average Bonchev–Trinajstić information content (AvgIpc) is 3.31. The molecular formula is C20H17F3N4O. The Hall–Kier alpha value is -3.29. The SMILES string of the molecule is O=C(NC1CCN(c2cc(-c3ccc(F)cc3)[nH]n2)C1)c1ccc(F)cc1F. The molecule has 2 N–H and O–H groups in total. The monoisotopic (exact) mass is 386 g/mol. The Bertz CT molecular complexity index is 1000. The second-order valence-electron chi connectivity index (χ2n) is 6.68. The molecule has 5 nitrogen and oxygen atoms in total. The van der Waals surface area contributed by atoms with Crippen molar-refractivity contribution in [1.29, 1.82) is 0 Å². The van der Waals surface area contributed by atoms with Gasteiger partial charge in [-0.3, -0.25) is 9.89 Å². The molecule has 1 aliphatic heterocycles. The lowest BCUT2D eigenvalue weighted by Crippen LogP contribution is -2.37. The second-order valence-corrected chi connectivity index (χ2v) is 6.68. The van der Waals surface area contributed by atoms with Crippen LogP contribution in [0.2, 0.25) is 0 Å². The highest BCUT2D eigenvalue weighted by atomic mass is 19.1. The van der Waals surface area contributed by atoms with Gasteiger partial charge in [0.25, 0.3) is 5.91 Å². The largest absolute Gasteiger partial charge is 0.353 e. The lowest BCUT2D eigenvalue weighted by atomic mass is 10.1. The predicted molar refractivity (Wildman–Crippen MR) is 98.4 cm³/mol. The number of carbonyl (C=O) groups is 1. The summed E-state index contributed by atoms with van der Waals surface area (Å²) >= 11 is 0. The van der Waals surface area contributed by atoms with E-state index in [4.69, 9.17) is 0 Å². The Balaban J connectivity index is 1.40. The molecule has 3 aromatic rings. The van der Waals surface area contributed by atoms with Crippen LogP contribution in [0, 0.1) is 17.5 Å². The van der Waals surface area contributed by atoms with Gasteiger partial charge in [0.2, 0.25) is 0 Å². The van der Waals surface area contributed by atoms with E-state index in [0.29, 0.717) is 31.4 Å². The Labute approximate surface area is 159 Å². The third kappa shape index (κ3) is 3.71. The van der Waals surface area contributed by atoms with Gasteiger partial charge in [0, 0.05) is 31.3 Å². The summed E-state index contributed by atoms with van der Waals surface area (Å²) in [5.74, 6) is -1.78. The molecule has 144 valence electrons. The fourth-order valence-electron chi connectivity index (χ4n) is 3.27. The Morgan fingerprint density at radius 2 is 1.82 bits per heavy atom. The number of rotatable bonds is 4. The van der Waals surface area contributed by atoms with E-state index in [2.05, 4.69) is 15.5 Å². The second kappa shape index (κ2) is 7.38. The van der Waals surface area contributed by atoms with Gasteiger partial charge in [-0.1, -0.05) is 0 Å². The molecule has 1 saturated heterocycles. The molecule has 1 atom stereocenters. The fourth-order valence-corrected chi connectivity index (χ4v) is 3.27. The van der Waals surface area contributed by atoms with Crippen molar-refractivity contribution >= 4 is 11.7 Å². The molecular weight excluding hydrogens is 369 g/mol. The van der Waals surface area contributed by atoms with Gasteiger partial charge in [-0.15, -0.1) is 0 Å². The van der Waals surface area contributed by atoms with Crippen molar-refractivity contribution in [2.24, 2.45) is 0 Å². The molecule has 1 fully saturated rings. The molecule has 4 rings (SSSR count). The summed E-state index contributed by atoms with van der Waals surface area (Å²) in [7, 11) is 0. The number of hydrogen-bond donors (Lipinski definition) is 2. The van der Waals surface area contributed by atoms with Gasteiger partial charge in [-0.25, -0.2) is 13.2 Å². The van der Waals surface area contributed by atoms with E-state index in [1.807, 2.05) is 11.0 Å². The summed E-state index contributed by atoms with van der Waals surface area (Å²) in [5.41, 5.74) is 1.39. The van der Waals surface area contributed by atoms with Crippen LogP contribution in [0.3, 0.4) is 0 Å². The van der Waals surface area contributed by atoms with Crippen LogP contribution in [-0.2, 0) is 0 Å². The first-order valence-electron chi connectivity index (χ1n) is 8.82. The maximum Gasteiger partial charge on any atom is 0.254 e. The molecule has 1 amide bonds. The van der Waals surface area contributed by atoms with Crippen LogP contribution in [0.15, 0.2) is 48.5 Å². The lowest BCUT2D eigenvalue weighted by Gasteiger charge is -2.16. The topological polar surface area (TPSA) is 61.0 Å². The molecule has 8 heteroatoms. The first-order valence-corrected chi connectivity index (χ1v) is 8.82. The summed E-state index contributed by atoms with van der Waals surface area (Å²) in [5, 5.41) is 9.99. The van der Waals surface area contributed by atoms with Crippen LogP contribution in [0.4, 0.5) is 19.0 Å². The van der Waals surface area contributed by atoms with Gasteiger partial charge in [-0.2, -0.15) is 5.10 Å². The molecule has 0 aliphatic carbocycles. The van der Waals surface area contributed by atoms with Crippen LogP contribution in [0.25, 0.3) is 11.3 Å².